The van der Waals surface area contributed by atoms with Crippen LogP contribution in [0.2, 0.25) is 0 Å². The number of amides is 1. The lowest BCUT2D eigenvalue weighted by Crippen LogP contribution is -2.37. The predicted octanol–water partition coefficient (Wildman–Crippen LogP) is 3.58. The van der Waals surface area contributed by atoms with Gasteiger partial charge in [-0.25, -0.2) is 4.98 Å². The Kier molecular flexibility index (Phi) is 3.55. The molecule has 7 heteroatoms. The van der Waals surface area contributed by atoms with Crippen molar-refractivity contribution in [1.29, 1.82) is 0 Å². The number of para-hydroxylation sites is 1. The van der Waals surface area contributed by atoms with Crippen molar-refractivity contribution in [3.8, 4) is 0 Å². The number of piperidine rings is 1. The highest BCUT2D eigenvalue weighted by Crippen LogP contribution is 2.40. The van der Waals surface area contributed by atoms with Gasteiger partial charge >= 0.3 is 0 Å². The molecule has 2 aliphatic rings. The monoisotopic (exact) mass is 354 g/mol. The van der Waals surface area contributed by atoms with Crippen LogP contribution in [-0.2, 0) is 0 Å². The molecular formula is C18H18N4O2S. The quantitative estimate of drug-likeness (QED) is 0.719. The molecule has 0 N–H and O–H groups in total. The third kappa shape index (κ3) is 2.82. The molecule has 2 aromatic heterocycles. The molecule has 0 radical (unpaired) electrons. The summed E-state index contributed by atoms with van der Waals surface area (Å²) < 4.78 is 6.89. The zero-order chi connectivity index (χ0) is 16.8. The molecule has 1 saturated heterocycles. The van der Waals surface area contributed by atoms with Crippen LogP contribution in [0.3, 0.4) is 0 Å². The zero-order valence-electron chi connectivity index (χ0n) is 13.7. The van der Waals surface area contributed by atoms with Gasteiger partial charge in [0, 0.05) is 24.9 Å². The van der Waals surface area contributed by atoms with Crippen LogP contribution in [0.4, 0.5) is 0 Å². The summed E-state index contributed by atoms with van der Waals surface area (Å²) in [5.41, 5.74) is 0.893. The van der Waals surface area contributed by atoms with E-state index in [1.807, 2.05) is 29.2 Å². The third-order valence-corrected chi connectivity index (χ3v) is 6.02. The summed E-state index contributed by atoms with van der Waals surface area (Å²) in [7, 11) is 0. The summed E-state index contributed by atoms with van der Waals surface area (Å²) in [4.78, 5) is 19.1. The molecule has 6 nitrogen and oxygen atoms in total. The largest absolute Gasteiger partial charge is 0.425 e. The number of likely N-dealkylation sites (tertiary alicyclic amines) is 1. The van der Waals surface area contributed by atoms with Gasteiger partial charge in [0.25, 0.3) is 5.91 Å². The van der Waals surface area contributed by atoms with Gasteiger partial charge in [0.2, 0.25) is 11.8 Å². The van der Waals surface area contributed by atoms with Crippen LogP contribution in [-0.4, -0.2) is 39.1 Å². The topological polar surface area (TPSA) is 72.1 Å². The lowest BCUT2D eigenvalue weighted by molar-refractivity contribution is 0.0706. The maximum Gasteiger partial charge on any atom is 0.282 e. The van der Waals surface area contributed by atoms with E-state index in [2.05, 4.69) is 15.2 Å². The van der Waals surface area contributed by atoms with Crippen LogP contribution < -0.4 is 0 Å². The molecular weight excluding hydrogens is 336 g/mol. The molecule has 5 rings (SSSR count). The van der Waals surface area contributed by atoms with Crippen molar-refractivity contribution in [2.75, 3.05) is 13.1 Å². The summed E-state index contributed by atoms with van der Waals surface area (Å²) in [6, 6.07) is 7.87. The first-order chi connectivity index (χ1) is 12.3. The molecule has 0 spiro atoms. The Morgan fingerprint density at radius 1 is 1.04 bits per heavy atom. The molecule has 1 aliphatic heterocycles. The van der Waals surface area contributed by atoms with Crippen LogP contribution in [0, 0.1) is 0 Å². The van der Waals surface area contributed by atoms with E-state index in [1.54, 1.807) is 0 Å². The molecule has 1 saturated carbocycles. The molecule has 2 fully saturated rings. The van der Waals surface area contributed by atoms with Crippen molar-refractivity contribution in [3.63, 3.8) is 0 Å². The Hall–Kier alpha value is -2.28. The number of thiazole rings is 1. The van der Waals surface area contributed by atoms with Crippen molar-refractivity contribution >= 4 is 27.5 Å². The second kappa shape index (κ2) is 5.91. The smallest absolute Gasteiger partial charge is 0.282 e. The van der Waals surface area contributed by atoms with E-state index in [0.29, 0.717) is 24.0 Å². The summed E-state index contributed by atoms with van der Waals surface area (Å²) in [5.74, 6) is 2.32. The summed E-state index contributed by atoms with van der Waals surface area (Å²) >= 11 is 1.47. The third-order valence-electron chi connectivity index (χ3n) is 4.99. The predicted molar refractivity (Wildman–Crippen MR) is 93.8 cm³/mol. The summed E-state index contributed by atoms with van der Waals surface area (Å²) in [6.07, 6.45) is 4.05. The maximum atomic E-state index is 12.7. The van der Waals surface area contributed by atoms with Gasteiger partial charge in [-0.05, 0) is 37.8 Å². The van der Waals surface area contributed by atoms with E-state index >= 15 is 0 Å². The maximum absolute atomic E-state index is 12.7. The van der Waals surface area contributed by atoms with Crippen LogP contribution in [0.1, 0.15) is 59.1 Å². The zero-order valence-corrected chi connectivity index (χ0v) is 14.5. The van der Waals surface area contributed by atoms with Crippen molar-refractivity contribution in [2.45, 2.75) is 37.5 Å². The van der Waals surface area contributed by atoms with E-state index in [0.717, 1.165) is 47.7 Å². The normalized spacial score (nSPS) is 18.8. The SMILES string of the molecule is O=C(c1nc2ccccc2s1)N1CCC(c2nnc(C3CC3)o2)CC1. The average Bonchev–Trinajstić information content (AvgIpc) is 3.22. The second-order valence-electron chi connectivity index (χ2n) is 6.81. The standard InChI is InChI=1S/C18H18N4O2S/c23-18(17-19-13-3-1-2-4-14(13)25-17)22-9-7-12(8-10-22)16-21-20-15(24-16)11-5-6-11/h1-4,11-12H,5-10H2. The van der Waals surface area contributed by atoms with Gasteiger partial charge in [-0.15, -0.1) is 21.5 Å². The first-order valence-corrected chi connectivity index (χ1v) is 9.58. The highest BCUT2D eigenvalue weighted by Gasteiger charge is 2.32. The van der Waals surface area contributed by atoms with E-state index in [-0.39, 0.29) is 11.8 Å². The fourth-order valence-corrected chi connectivity index (χ4v) is 4.27. The number of carbonyl (C=O) groups is 1. The molecule has 1 aromatic carbocycles. The number of carbonyl (C=O) groups excluding carboxylic acids is 1. The lowest BCUT2D eigenvalue weighted by Gasteiger charge is -2.29. The minimum Gasteiger partial charge on any atom is -0.425 e. The molecule has 1 amide bonds. The number of hydrogen-bond acceptors (Lipinski definition) is 6. The Labute approximate surface area is 148 Å². The molecule has 1 aliphatic carbocycles. The van der Waals surface area contributed by atoms with Gasteiger partial charge in [0.05, 0.1) is 10.2 Å². The van der Waals surface area contributed by atoms with Crippen LogP contribution >= 0.6 is 11.3 Å². The molecule has 0 atom stereocenters. The fraction of sp³-hybridized carbons (Fsp3) is 0.444. The van der Waals surface area contributed by atoms with Crippen LogP contribution in [0.25, 0.3) is 10.2 Å². The van der Waals surface area contributed by atoms with Crippen LogP contribution in [0.15, 0.2) is 28.7 Å². The van der Waals surface area contributed by atoms with Crippen molar-refractivity contribution in [2.24, 2.45) is 0 Å². The minimum atomic E-state index is 0.0313. The first-order valence-electron chi connectivity index (χ1n) is 8.76. The van der Waals surface area contributed by atoms with E-state index in [1.165, 1.54) is 11.3 Å². The van der Waals surface area contributed by atoms with E-state index < -0.39 is 0 Å². The lowest BCUT2D eigenvalue weighted by atomic mass is 9.97. The molecule has 0 unspecified atom stereocenters. The van der Waals surface area contributed by atoms with E-state index in [9.17, 15) is 4.79 Å². The average molecular weight is 354 g/mol. The van der Waals surface area contributed by atoms with Gasteiger partial charge in [-0.2, -0.15) is 0 Å². The van der Waals surface area contributed by atoms with Gasteiger partial charge in [-0.1, -0.05) is 12.1 Å². The second-order valence-corrected chi connectivity index (χ2v) is 7.84. The van der Waals surface area contributed by atoms with Gasteiger partial charge < -0.3 is 9.32 Å². The molecule has 0 bridgehead atoms. The highest BCUT2D eigenvalue weighted by molar-refractivity contribution is 7.20. The minimum absolute atomic E-state index is 0.0313. The molecule has 3 heterocycles. The van der Waals surface area contributed by atoms with Crippen molar-refractivity contribution in [1.82, 2.24) is 20.1 Å². The Morgan fingerprint density at radius 2 is 1.72 bits per heavy atom. The fourth-order valence-electron chi connectivity index (χ4n) is 3.34. The Bertz CT molecular complexity index is 889. The van der Waals surface area contributed by atoms with E-state index in [4.69, 9.17) is 4.42 Å². The molecule has 25 heavy (non-hydrogen) atoms. The molecule has 128 valence electrons. The number of hydrogen-bond donors (Lipinski definition) is 0. The number of fused-ring (bicyclic) bond motifs is 1. The summed E-state index contributed by atoms with van der Waals surface area (Å²) in [6.45, 7) is 1.42. The number of rotatable bonds is 3. The number of aromatic nitrogens is 3. The highest BCUT2D eigenvalue weighted by atomic mass is 32.1. The molecule has 3 aromatic rings. The first kappa shape index (κ1) is 15.0. The van der Waals surface area contributed by atoms with Crippen LogP contribution in [0.5, 0.6) is 0 Å². The number of benzene rings is 1. The van der Waals surface area contributed by atoms with Gasteiger partial charge in [0.1, 0.15) is 0 Å². The Balaban J connectivity index is 1.26. The van der Waals surface area contributed by atoms with Crippen molar-refractivity contribution < 1.29 is 9.21 Å². The Morgan fingerprint density at radius 3 is 2.40 bits per heavy atom. The summed E-state index contributed by atoms with van der Waals surface area (Å²) in [5, 5.41) is 8.98. The van der Waals surface area contributed by atoms with Gasteiger partial charge in [0.15, 0.2) is 5.01 Å². The van der Waals surface area contributed by atoms with Gasteiger partial charge in [-0.3, -0.25) is 4.79 Å². The van der Waals surface area contributed by atoms with Crippen molar-refractivity contribution in [3.05, 3.63) is 41.1 Å². The number of nitrogens with zero attached hydrogens (tertiary/aromatic N) is 4.